The molecule has 34 heavy (non-hydrogen) atoms. The van der Waals surface area contributed by atoms with Crippen LogP contribution in [-0.4, -0.2) is 23.1 Å². The summed E-state index contributed by atoms with van der Waals surface area (Å²) in [6.07, 6.45) is -1.41. The van der Waals surface area contributed by atoms with Crippen LogP contribution in [0.15, 0.2) is 71.7 Å². The number of pyridine rings is 1. The van der Waals surface area contributed by atoms with Gasteiger partial charge in [-0.05, 0) is 54.4 Å². The molecule has 0 aliphatic rings. The number of amides is 1. The van der Waals surface area contributed by atoms with Crippen LogP contribution in [0.1, 0.15) is 51.6 Å². The summed E-state index contributed by atoms with van der Waals surface area (Å²) in [5, 5.41) is 2.68. The minimum Gasteiger partial charge on any atom is -0.462 e. The molecule has 1 N–H and O–H groups in total. The average molecular weight is 472 g/mol. The van der Waals surface area contributed by atoms with Gasteiger partial charge >= 0.3 is 12.1 Å². The van der Waals surface area contributed by atoms with Crippen LogP contribution in [0.3, 0.4) is 0 Å². The summed E-state index contributed by atoms with van der Waals surface area (Å²) < 4.78 is 44.6. The van der Waals surface area contributed by atoms with Crippen molar-refractivity contribution in [2.24, 2.45) is 0 Å². The van der Waals surface area contributed by atoms with Gasteiger partial charge in [0.25, 0.3) is 11.5 Å². The smallest absolute Gasteiger partial charge is 0.416 e. The van der Waals surface area contributed by atoms with Crippen LogP contribution in [0.5, 0.6) is 0 Å². The number of anilines is 1. The van der Waals surface area contributed by atoms with E-state index >= 15 is 0 Å². The van der Waals surface area contributed by atoms with Crippen LogP contribution in [0.25, 0.3) is 0 Å². The molecule has 3 aromatic rings. The molecule has 1 amide bonds. The second-order valence-corrected chi connectivity index (χ2v) is 7.60. The second kappa shape index (κ2) is 10.8. The number of hydrogen-bond acceptors (Lipinski definition) is 4. The van der Waals surface area contributed by atoms with Gasteiger partial charge in [-0.25, -0.2) is 4.79 Å². The Morgan fingerprint density at radius 2 is 1.59 bits per heavy atom. The summed E-state index contributed by atoms with van der Waals surface area (Å²) in [4.78, 5) is 36.8. The van der Waals surface area contributed by atoms with Gasteiger partial charge in [-0.1, -0.05) is 25.5 Å². The largest absolute Gasteiger partial charge is 0.462 e. The van der Waals surface area contributed by atoms with Crippen LogP contribution in [0.4, 0.5) is 18.9 Å². The Balaban J connectivity index is 1.67. The molecule has 6 nitrogen and oxygen atoms in total. The zero-order valence-electron chi connectivity index (χ0n) is 18.4. The van der Waals surface area contributed by atoms with Crippen molar-refractivity contribution in [1.29, 1.82) is 0 Å². The fourth-order valence-corrected chi connectivity index (χ4v) is 3.07. The van der Waals surface area contributed by atoms with Crippen molar-refractivity contribution in [3.05, 3.63) is 99.5 Å². The Kier molecular flexibility index (Phi) is 7.88. The molecule has 1 heterocycles. The molecule has 0 saturated carbocycles. The van der Waals surface area contributed by atoms with E-state index in [4.69, 9.17) is 4.74 Å². The zero-order chi connectivity index (χ0) is 24.7. The van der Waals surface area contributed by atoms with E-state index in [1.165, 1.54) is 47.2 Å². The number of aromatic nitrogens is 1. The normalized spacial score (nSPS) is 11.2. The van der Waals surface area contributed by atoms with Crippen LogP contribution in [0.2, 0.25) is 0 Å². The van der Waals surface area contributed by atoms with Gasteiger partial charge in [-0.3, -0.25) is 9.59 Å². The first-order valence-corrected chi connectivity index (χ1v) is 10.6. The molecule has 0 aliphatic carbocycles. The van der Waals surface area contributed by atoms with E-state index in [9.17, 15) is 27.6 Å². The Morgan fingerprint density at radius 1 is 0.941 bits per heavy atom. The molecule has 9 heteroatoms. The molecule has 0 aliphatic heterocycles. The van der Waals surface area contributed by atoms with Crippen molar-refractivity contribution in [1.82, 2.24) is 4.57 Å². The van der Waals surface area contributed by atoms with Crippen molar-refractivity contribution in [2.75, 3.05) is 11.9 Å². The van der Waals surface area contributed by atoms with Gasteiger partial charge in [0, 0.05) is 18.0 Å². The topological polar surface area (TPSA) is 77.4 Å². The zero-order valence-corrected chi connectivity index (χ0v) is 18.4. The summed E-state index contributed by atoms with van der Waals surface area (Å²) in [5.74, 6) is -0.930. The molecular formula is C25H23F3N2O4. The molecule has 0 radical (unpaired) electrons. The van der Waals surface area contributed by atoms with Crippen molar-refractivity contribution in [3.8, 4) is 0 Å². The molecule has 178 valence electrons. The first kappa shape index (κ1) is 24.8. The number of benzene rings is 2. The van der Waals surface area contributed by atoms with Gasteiger partial charge in [0.2, 0.25) is 0 Å². The third kappa shape index (κ3) is 6.57. The number of hydrogen-bond donors (Lipinski definition) is 1. The molecule has 0 saturated heterocycles. The number of nitrogens with zero attached hydrogens (tertiary/aromatic N) is 1. The van der Waals surface area contributed by atoms with Gasteiger partial charge < -0.3 is 14.6 Å². The summed E-state index contributed by atoms with van der Waals surface area (Å²) in [5.41, 5.74) is 0.290. The minimum atomic E-state index is -4.44. The molecular weight excluding hydrogens is 449 g/mol. The Morgan fingerprint density at radius 3 is 2.21 bits per heavy atom. The number of unbranched alkanes of at least 4 members (excludes halogenated alkanes) is 1. The Hall–Kier alpha value is -3.88. The van der Waals surface area contributed by atoms with Crippen LogP contribution < -0.4 is 10.9 Å². The summed E-state index contributed by atoms with van der Waals surface area (Å²) >= 11 is 0. The maximum Gasteiger partial charge on any atom is 0.416 e. The molecule has 0 bridgehead atoms. The third-order valence-electron chi connectivity index (χ3n) is 4.99. The standard InChI is InChI=1S/C25H23F3N2O4/c1-2-3-14-34-24(33)18-6-11-21(12-7-18)29-23(32)19-8-13-22(31)30(16-19)15-17-4-9-20(10-5-17)25(26,27)28/h4-13,16H,2-3,14-15H2,1H3,(H,29,32). The molecule has 3 rings (SSSR count). The van der Waals surface area contributed by atoms with E-state index in [1.807, 2.05) is 6.92 Å². The third-order valence-corrected chi connectivity index (χ3v) is 4.99. The fraction of sp³-hybridized carbons (Fsp3) is 0.240. The first-order chi connectivity index (χ1) is 16.2. The lowest BCUT2D eigenvalue weighted by atomic mass is 10.1. The number of carbonyl (C=O) groups excluding carboxylic acids is 2. The van der Waals surface area contributed by atoms with E-state index in [0.29, 0.717) is 23.4 Å². The van der Waals surface area contributed by atoms with Crippen LogP contribution >= 0.6 is 0 Å². The highest BCUT2D eigenvalue weighted by Crippen LogP contribution is 2.29. The highest BCUT2D eigenvalue weighted by atomic mass is 19.4. The van der Waals surface area contributed by atoms with Crippen molar-refractivity contribution in [2.45, 2.75) is 32.5 Å². The number of ether oxygens (including phenoxy) is 1. The lowest BCUT2D eigenvalue weighted by Gasteiger charge is -2.11. The van der Waals surface area contributed by atoms with Gasteiger partial charge in [0.1, 0.15) is 0 Å². The highest BCUT2D eigenvalue weighted by molar-refractivity contribution is 6.04. The average Bonchev–Trinajstić information content (AvgIpc) is 2.81. The molecule has 0 fully saturated rings. The summed E-state index contributed by atoms with van der Waals surface area (Å²) in [6, 6.07) is 13.2. The van der Waals surface area contributed by atoms with Crippen LogP contribution in [-0.2, 0) is 17.5 Å². The molecule has 0 atom stereocenters. The van der Waals surface area contributed by atoms with Crippen molar-refractivity contribution in [3.63, 3.8) is 0 Å². The maximum absolute atomic E-state index is 12.7. The van der Waals surface area contributed by atoms with Gasteiger partial charge in [0.15, 0.2) is 0 Å². The van der Waals surface area contributed by atoms with Crippen molar-refractivity contribution < 1.29 is 27.5 Å². The molecule has 1 aromatic heterocycles. The number of alkyl halides is 3. The number of halogens is 3. The van der Waals surface area contributed by atoms with Crippen molar-refractivity contribution >= 4 is 17.6 Å². The van der Waals surface area contributed by atoms with E-state index in [-0.39, 0.29) is 12.1 Å². The number of carbonyl (C=O) groups is 2. The monoisotopic (exact) mass is 472 g/mol. The predicted molar refractivity (Wildman–Crippen MR) is 121 cm³/mol. The number of rotatable bonds is 8. The van der Waals surface area contributed by atoms with Crippen LogP contribution in [0, 0.1) is 0 Å². The number of esters is 1. The van der Waals surface area contributed by atoms with E-state index in [1.54, 1.807) is 12.1 Å². The highest BCUT2D eigenvalue weighted by Gasteiger charge is 2.29. The van der Waals surface area contributed by atoms with Gasteiger partial charge in [-0.2, -0.15) is 13.2 Å². The lowest BCUT2D eigenvalue weighted by Crippen LogP contribution is -2.22. The Bertz CT molecular complexity index is 1200. The summed E-state index contributed by atoms with van der Waals surface area (Å²) in [6.45, 7) is 2.34. The molecule has 0 spiro atoms. The number of nitrogens with one attached hydrogen (secondary N) is 1. The summed E-state index contributed by atoms with van der Waals surface area (Å²) in [7, 11) is 0. The van der Waals surface area contributed by atoms with E-state index < -0.39 is 29.2 Å². The maximum atomic E-state index is 12.7. The van der Waals surface area contributed by atoms with Gasteiger partial charge in [-0.15, -0.1) is 0 Å². The molecule has 2 aromatic carbocycles. The van der Waals surface area contributed by atoms with E-state index in [0.717, 1.165) is 25.0 Å². The quantitative estimate of drug-likeness (QED) is 0.365. The predicted octanol–water partition coefficient (Wildman–Crippen LogP) is 5.12. The Labute approximate surface area is 194 Å². The minimum absolute atomic E-state index is 0.00688. The van der Waals surface area contributed by atoms with E-state index in [2.05, 4.69) is 5.32 Å². The first-order valence-electron chi connectivity index (χ1n) is 10.6. The SMILES string of the molecule is CCCCOC(=O)c1ccc(NC(=O)c2ccc(=O)n(Cc3ccc(C(F)(F)F)cc3)c2)cc1. The fourth-order valence-electron chi connectivity index (χ4n) is 3.07. The second-order valence-electron chi connectivity index (χ2n) is 7.60. The lowest BCUT2D eigenvalue weighted by molar-refractivity contribution is -0.137. The van der Waals surface area contributed by atoms with Gasteiger partial charge in [0.05, 0.1) is 29.8 Å². The molecule has 0 unspecified atom stereocenters.